The van der Waals surface area contributed by atoms with Gasteiger partial charge in [-0.25, -0.2) is 13.6 Å². The molecule has 1 heterocycles. The minimum atomic E-state index is -1.21. The van der Waals surface area contributed by atoms with Crippen molar-refractivity contribution < 1.29 is 33.4 Å². The molecule has 6 rings (SSSR count). The van der Waals surface area contributed by atoms with E-state index in [2.05, 4.69) is 5.32 Å². The second-order valence-corrected chi connectivity index (χ2v) is 15.4. The summed E-state index contributed by atoms with van der Waals surface area (Å²) in [5, 5.41) is 23.3. The predicted molar refractivity (Wildman–Crippen MR) is 212 cm³/mol. The van der Waals surface area contributed by atoms with Crippen molar-refractivity contribution in [1.82, 2.24) is 19.7 Å². The maximum absolute atomic E-state index is 15.1. The van der Waals surface area contributed by atoms with Crippen LogP contribution in [0.15, 0.2) is 109 Å². The van der Waals surface area contributed by atoms with E-state index in [9.17, 15) is 29.0 Å². The number of aliphatic hydroxyl groups is 1. The lowest BCUT2D eigenvalue weighted by atomic mass is 9.83. The van der Waals surface area contributed by atoms with Gasteiger partial charge in [0.2, 0.25) is 11.8 Å². The molecule has 9 nitrogen and oxygen atoms in total. The minimum Gasteiger partial charge on any atom is -0.465 e. The number of rotatable bonds is 14. The molecule has 0 saturated carbocycles. The first-order chi connectivity index (χ1) is 26.8. The van der Waals surface area contributed by atoms with Crippen molar-refractivity contribution in [2.45, 2.75) is 58.7 Å². The molecule has 56 heavy (non-hydrogen) atoms. The van der Waals surface area contributed by atoms with E-state index in [-0.39, 0.29) is 37.5 Å². The standard InChI is InChI=1S/C45H48F2N4O5/c1-29(51(44(55)56)27-38-35-17-10-8-15-33(35)34-16-9-11-18-36(34)38)43(54)48-21-12-22-50(41(53)28-52)42(45(2,3)4)40-23-31(37-24-32(46)19-20-39(37)47)26-49(40)25-30-13-6-5-7-14-30/h5-11,13-20,23-24,26,29,38,42,52H,12,21-22,25,27-28H2,1-4H3,(H,48,54)(H,55,56). The van der Waals surface area contributed by atoms with Crippen LogP contribution in [0.25, 0.3) is 22.3 Å². The van der Waals surface area contributed by atoms with Crippen molar-refractivity contribution in [3.05, 3.63) is 143 Å². The van der Waals surface area contributed by atoms with Crippen LogP contribution in [0.4, 0.5) is 13.6 Å². The fourth-order valence-corrected chi connectivity index (χ4v) is 7.91. The fraction of sp³-hybridized carbons (Fsp3) is 0.311. The zero-order valence-corrected chi connectivity index (χ0v) is 32.1. The molecule has 0 spiro atoms. The van der Waals surface area contributed by atoms with Gasteiger partial charge in [0.05, 0.1) is 6.04 Å². The first-order valence-electron chi connectivity index (χ1n) is 18.8. The molecule has 2 unspecified atom stereocenters. The Balaban J connectivity index is 1.20. The van der Waals surface area contributed by atoms with Gasteiger partial charge in [-0.2, -0.15) is 0 Å². The summed E-state index contributed by atoms with van der Waals surface area (Å²) in [6, 6.07) is 28.8. The Morgan fingerprint density at radius 3 is 2.07 bits per heavy atom. The van der Waals surface area contributed by atoms with Crippen molar-refractivity contribution in [3.63, 3.8) is 0 Å². The van der Waals surface area contributed by atoms with Crippen LogP contribution in [-0.4, -0.2) is 74.8 Å². The SMILES string of the molecule is CC(C(=O)NCCCN(C(=O)CO)C(c1cc(-c2cc(F)ccc2F)cn1Cc1ccccc1)C(C)(C)C)N(CC1c2ccccc2-c2ccccc21)C(=O)O. The van der Waals surface area contributed by atoms with E-state index in [1.165, 1.54) is 0 Å². The third kappa shape index (κ3) is 8.53. The summed E-state index contributed by atoms with van der Waals surface area (Å²) >= 11 is 0. The number of amides is 3. The van der Waals surface area contributed by atoms with Crippen LogP contribution in [-0.2, 0) is 16.1 Å². The predicted octanol–water partition coefficient (Wildman–Crippen LogP) is 8.08. The molecule has 1 aliphatic carbocycles. The summed E-state index contributed by atoms with van der Waals surface area (Å²) in [5.74, 6) is -2.42. The van der Waals surface area contributed by atoms with Gasteiger partial charge < -0.3 is 25.0 Å². The molecule has 2 atom stereocenters. The number of halogens is 2. The lowest BCUT2D eigenvalue weighted by Crippen LogP contribution is -2.49. The summed E-state index contributed by atoms with van der Waals surface area (Å²) in [6.45, 7) is 7.42. The molecule has 4 aromatic carbocycles. The van der Waals surface area contributed by atoms with Crippen LogP contribution in [0.5, 0.6) is 0 Å². The minimum absolute atomic E-state index is 0.0827. The number of aromatic nitrogens is 1. The molecule has 11 heteroatoms. The van der Waals surface area contributed by atoms with E-state index >= 15 is 4.39 Å². The van der Waals surface area contributed by atoms with Crippen LogP contribution < -0.4 is 5.32 Å². The van der Waals surface area contributed by atoms with E-state index in [4.69, 9.17) is 0 Å². The van der Waals surface area contributed by atoms with E-state index in [0.717, 1.165) is 50.9 Å². The first kappa shape index (κ1) is 39.9. The number of carbonyl (C=O) groups is 3. The van der Waals surface area contributed by atoms with Crippen molar-refractivity contribution in [3.8, 4) is 22.3 Å². The molecule has 0 aliphatic heterocycles. The van der Waals surface area contributed by atoms with Gasteiger partial charge in [0.15, 0.2) is 0 Å². The van der Waals surface area contributed by atoms with Crippen LogP contribution in [0, 0.1) is 17.0 Å². The highest BCUT2D eigenvalue weighted by atomic mass is 19.1. The number of hydrogen-bond acceptors (Lipinski definition) is 4. The normalized spacial score (nSPS) is 13.4. The zero-order valence-electron chi connectivity index (χ0n) is 32.1. The second kappa shape index (κ2) is 16.9. The topological polar surface area (TPSA) is 115 Å². The lowest BCUT2D eigenvalue weighted by Gasteiger charge is -2.41. The Morgan fingerprint density at radius 2 is 1.46 bits per heavy atom. The van der Waals surface area contributed by atoms with Crippen molar-refractivity contribution in [2.75, 3.05) is 26.2 Å². The molecular weight excluding hydrogens is 715 g/mol. The van der Waals surface area contributed by atoms with Gasteiger partial charge in [0.1, 0.15) is 24.3 Å². The summed E-state index contributed by atoms with van der Waals surface area (Å²) < 4.78 is 31.4. The largest absolute Gasteiger partial charge is 0.465 e. The number of carboxylic acid groups (broad SMARTS) is 1. The summed E-state index contributed by atoms with van der Waals surface area (Å²) in [6.07, 6.45) is 0.829. The molecule has 0 bridgehead atoms. The lowest BCUT2D eigenvalue weighted by molar-refractivity contribution is -0.139. The van der Waals surface area contributed by atoms with E-state index < -0.39 is 53.6 Å². The van der Waals surface area contributed by atoms with Gasteiger partial charge in [-0.3, -0.25) is 14.5 Å². The quantitative estimate of drug-likeness (QED) is 0.0991. The number of nitrogens with one attached hydrogen (secondary N) is 1. The Labute approximate surface area is 326 Å². The molecule has 292 valence electrons. The smallest absolute Gasteiger partial charge is 0.408 e. The highest BCUT2D eigenvalue weighted by Crippen LogP contribution is 2.45. The third-order valence-electron chi connectivity index (χ3n) is 10.5. The first-order valence-corrected chi connectivity index (χ1v) is 18.8. The molecule has 3 N–H and O–H groups in total. The maximum atomic E-state index is 15.1. The number of nitrogens with zero attached hydrogens (tertiary/aromatic N) is 3. The van der Waals surface area contributed by atoms with Gasteiger partial charge in [-0.05, 0) is 70.8 Å². The van der Waals surface area contributed by atoms with Gasteiger partial charge >= 0.3 is 6.09 Å². The average molecular weight is 763 g/mol. The van der Waals surface area contributed by atoms with Gasteiger partial charge in [0.25, 0.3) is 0 Å². The Kier molecular flexibility index (Phi) is 12.0. The van der Waals surface area contributed by atoms with Crippen molar-refractivity contribution >= 4 is 17.9 Å². The zero-order chi connectivity index (χ0) is 40.1. The van der Waals surface area contributed by atoms with Crippen LogP contribution >= 0.6 is 0 Å². The number of aliphatic hydroxyl groups excluding tert-OH is 1. The molecule has 3 amide bonds. The maximum Gasteiger partial charge on any atom is 0.408 e. The molecule has 1 aromatic heterocycles. The summed E-state index contributed by atoms with van der Waals surface area (Å²) in [5.41, 5.74) is 5.66. The van der Waals surface area contributed by atoms with Crippen molar-refractivity contribution in [2.24, 2.45) is 5.41 Å². The van der Waals surface area contributed by atoms with Crippen LogP contribution in [0.1, 0.15) is 68.5 Å². The number of fused-ring (bicyclic) bond motifs is 3. The van der Waals surface area contributed by atoms with Gasteiger partial charge in [0, 0.05) is 55.1 Å². The average Bonchev–Trinajstić information content (AvgIpc) is 3.73. The Morgan fingerprint density at radius 1 is 0.839 bits per heavy atom. The highest BCUT2D eigenvalue weighted by molar-refractivity contribution is 5.85. The van der Waals surface area contributed by atoms with Crippen LogP contribution in [0.2, 0.25) is 0 Å². The number of carbonyl (C=O) groups excluding carboxylic acids is 2. The third-order valence-corrected chi connectivity index (χ3v) is 10.5. The van der Waals surface area contributed by atoms with E-state index in [0.29, 0.717) is 17.8 Å². The van der Waals surface area contributed by atoms with Gasteiger partial charge in [-0.15, -0.1) is 0 Å². The number of benzene rings is 4. The van der Waals surface area contributed by atoms with Gasteiger partial charge in [-0.1, -0.05) is 99.6 Å². The molecule has 0 radical (unpaired) electrons. The second-order valence-electron chi connectivity index (χ2n) is 15.4. The molecule has 0 saturated heterocycles. The molecule has 1 aliphatic rings. The Hall–Kier alpha value is -5.81. The van der Waals surface area contributed by atoms with Crippen LogP contribution in [0.3, 0.4) is 0 Å². The summed E-state index contributed by atoms with van der Waals surface area (Å²) in [4.78, 5) is 42.4. The van der Waals surface area contributed by atoms with E-state index in [1.54, 1.807) is 24.1 Å². The van der Waals surface area contributed by atoms with Crippen molar-refractivity contribution in [1.29, 1.82) is 0 Å². The molecule has 0 fully saturated rings. The number of hydrogen-bond donors (Lipinski definition) is 3. The van der Waals surface area contributed by atoms with E-state index in [1.807, 2.05) is 104 Å². The molecular formula is C45H48F2N4O5. The fourth-order valence-electron chi connectivity index (χ4n) is 7.91. The highest BCUT2D eigenvalue weighted by Gasteiger charge is 2.38. The summed E-state index contributed by atoms with van der Waals surface area (Å²) in [7, 11) is 0. The monoisotopic (exact) mass is 762 g/mol. The molecule has 5 aromatic rings. The Bertz CT molecular complexity index is 2150.